The predicted molar refractivity (Wildman–Crippen MR) is 148 cm³/mol. The lowest BCUT2D eigenvalue weighted by molar-refractivity contribution is -0.0307. The summed E-state index contributed by atoms with van der Waals surface area (Å²) >= 11 is 0. The minimum absolute atomic E-state index is 0.498. The van der Waals surface area contributed by atoms with Gasteiger partial charge >= 0.3 is 0 Å². The molecule has 1 unspecified atom stereocenters. The van der Waals surface area contributed by atoms with Crippen LogP contribution in [-0.4, -0.2) is 97.5 Å². The number of tetrazole rings is 1. The summed E-state index contributed by atoms with van der Waals surface area (Å²) in [5.74, 6) is 2.14. The van der Waals surface area contributed by atoms with Gasteiger partial charge < -0.3 is 5.11 Å². The molecule has 4 aromatic heterocycles. The second kappa shape index (κ2) is 10.8. The van der Waals surface area contributed by atoms with Gasteiger partial charge in [0.25, 0.3) is 0 Å². The highest BCUT2D eigenvalue weighted by Crippen LogP contribution is 2.24. The number of nitrogens with zero attached hydrogens (tertiary/aromatic N) is 11. The van der Waals surface area contributed by atoms with Crippen LogP contribution in [0.5, 0.6) is 0 Å². The first-order chi connectivity index (χ1) is 19.4. The van der Waals surface area contributed by atoms with Crippen molar-refractivity contribution in [3.63, 3.8) is 0 Å². The molecule has 1 aliphatic heterocycles. The molecule has 1 aromatic carbocycles. The summed E-state index contributed by atoms with van der Waals surface area (Å²) in [6.07, 6.45) is 0.897. The van der Waals surface area contributed by atoms with E-state index in [0.717, 1.165) is 73.3 Å². The number of piperazine rings is 1. The Balaban J connectivity index is 1.05. The first-order valence-corrected chi connectivity index (χ1v) is 13.6. The number of H-pyrrole nitrogens is 1. The fraction of sp³-hybridized carbons (Fsp3) is 0.444. The van der Waals surface area contributed by atoms with Gasteiger partial charge in [-0.15, -0.1) is 20.4 Å². The van der Waals surface area contributed by atoms with Gasteiger partial charge in [-0.3, -0.25) is 9.80 Å². The average molecular weight is 543 g/mol. The molecule has 5 aromatic rings. The number of rotatable bonds is 8. The molecule has 208 valence electrons. The molecule has 1 atom stereocenters. The van der Waals surface area contributed by atoms with E-state index in [1.54, 1.807) is 4.52 Å². The van der Waals surface area contributed by atoms with Crippen molar-refractivity contribution in [1.82, 2.24) is 60.0 Å². The summed E-state index contributed by atoms with van der Waals surface area (Å²) in [4.78, 5) is 4.62. The van der Waals surface area contributed by atoms with E-state index in [4.69, 9.17) is 5.10 Å². The zero-order valence-electron chi connectivity index (χ0n) is 23.3. The van der Waals surface area contributed by atoms with E-state index in [1.807, 2.05) is 36.7 Å². The predicted octanol–water partition coefficient (Wildman–Crippen LogP) is 1.79. The van der Waals surface area contributed by atoms with E-state index in [9.17, 15) is 5.11 Å². The van der Waals surface area contributed by atoms with Gasteiger partial charge in [0, 0.05) is 44.0 Å². The van der Waals surface area contributed by atoms with Gasteiger partial charge in [0.05, 0.1) is 5.69 Å². The third kappa shape index (κ3) is 4.98. The second-order valence-corrected chi connectivity index (χ2v) is 10.4. The molecule has 1 aliphatic rings. The van der Waals surface area contributed by atoms with Crippen LogP contribution in [0.3, 0.4) is 0 Å². The monoisotopic (exact) mass is 542 g/mol. The van der Waals surface area contributed by atoms with Crippen molar-refractivity contribution in [2.75, 3.05) is 26.2 Å². The number of hydrogen-bond donors (Lipinski definition) is 2. The maximum atomic E-state index is 11.1. The van der Waals surface area contributed by atoms with E-state index in [2.05, 4.69) is 71.7 Å². The van der Waals surface area contributed by atoms with Crippen molar-refractivity contribution < 1.29 is 5.11 Å². The summed E-state index contributed by atoms with van der Waals surface area (Å²) in [6.45, 7) is 12.4. The van der Waals surface area contributed by atoms with Crippen molar-refractivity contribution >= 4 is 5.65 Å². The Labute approximate surface area is 231 Å². The third-order valence-electron chi connectivity index (χ3n) is 7.98. The summed E-state index contributed by atoms with van der Waals surface area (Å²) < 4.78 is 3.59. The van der Waals surface area contributed by atoms with Gasteiger partial charge in [-0.05, 0) is 79.8 Å². The molecule has 1 saturated heterocycles. The minimum atomic E-state index is -0.498. The fourth-order valence-electron chi connectivity index (χ4n) is 5.56. The van der Waals surface area contributed by atoms with Crippen molar-refractivity contribution in [2.24, 2.45) is 0 Å². The Hall–Kier alpha value is -4.07. The molecule has 0 spiro atoms. The highest BCUT2D eigenvalue weighted by atomic mass is 16.3. The number of aromatic nitrogens is 10. The van der Waals surface area contributed by atoms with E-state index in [0.29, 0.717) is 17.9 Å². The van der Waals surface area contributed by atoms with E-state index in [1.165, 1.54) is 11.1 Å². The van der Waals surface area contributed by atoms with Crippen LogP contribution in [0.2, 0.25) is 0 Å². The number of aliphatic hydroxyl groups excluding tert-OH is 1. The van der Waals surface area contributed by atoms with Crippen LogP contribution < -0.4 is 0 Å². The average Bonchev–Trinajstić information content (AvgIpc) is 3.69. The molecule has 1 fully saturated rings. The van der Waals surface area contributed by atoms with Crippen LogP contribution in [-0.2, 0) is 13.0 Å². The maximum Gasteiger partial charge on any atom is 0.179 e. The summed E-state index contributed by atoms with van der Waals surface area (Å²) in [5, 5.41) is 43.0. The Morgan fingerprint density at radius 3 is 2.55 bits per heavy atom. The zero-order chi connectivity index (χ0) is 27.8. The van der Waals surface area contributed by atoms with Crippen LogP contribution >= 0.6 is 0 Å². The molecule has 5 heterocycles. The Bertz CT molecular complexity index is 1610. The van der Waals surface area contributed by atoms with E-state index >= 15 is 0 Å². The van der Waals surface area contributed by atoms with Gasteiger partial charge in [0.15, 0.2) is 23.1 Å². The van der Waals surface area contributed by atoms with Crippen LogP contribution in [0.15, 0.2) is 30.3 Å². The van der Waals surface area contributed by atoms with Crippen LogP contribution in [0.4, 0.5) is 0 Å². The number of aryl methyl sites for hydroxylation is 2. The Morgan fingerprint density at radius 2 is 1.77 bits per heavy atom. The number of nitrogens with one attached hydrogen (secondary N) is 1. The zero-order valence-corrected chi connectivity index (χ0v) is 23.3. The highest BCUT2D eigenvalue weighted by Gasteiger charge is 2.24. The Kier molecular flexibility index (Phi) is 7.09. The molecule has 2 N–H and O–H groups in total. The number of aromatic amines is 1. The van der Waals surface area contributed by atoms with Gasteiger partial charge in [-0.2, -0.15) is 9.61 Å². The standard InChI is InChI=1S/C27H34N12O/c1-17-21(6-5-7-22(17)27-30-34-35-31-27)16-36-12-14-37(15-13-36)26(40)11-8-23-18(2)32-38(19(23)3)25-10-9-24-29-28-20(4)39(24)33-25/h5-7,9-10,26,40H,8,11-16H2,1-4H3,(H,30,31,34,35). The first-order valence-electron chi connectivity index (χ1n) is 13.6. The lowest BCUT2D eigenvalue weighted by Crippen LogP contribution is -2.50. The largest absolute Gasteiger partial charge is 0.378 e. The van der Waals surface area contributed by atoms with Gasteiger partial charge in [-0.1, -0.05) is 18.2 Å². The third-order valence-corrected chi connectivity index (χ3v) is 7.98. The van der Waals surface area contributed by atoms with Crippen molar-refractivity contribution in [2.45, 2.75) is 53.3 Å². The molecule has 6 rings (SSSR count). The number of fused-ring (bicyclic) bond motifs is 1. The molecule has 13 heteroatoms. The second-order valence-electron chi connectivity index (χ2n) is 10.4. The SMILES string of the molecule is Cc1nn(-c2ccc3nnc(C)n3n2)c(C)c1CCC(O)N1CCN(Cc2cccc(-c3nnn[nH]3)c2C)CC1. The molecular weight excluding hydrogens is 508 g/mol. The normalized spacial score (nSPS) is 15.7. The fourth-order valence-corrected chi connectivity index (χ4v) is 5.56. The molecule has 0 saturated carbocycles. The quantitative estimate of drug-likeness (QED) is 0.298. The molecule has 0 radical (unpaired) electrons. The molecule has 0 amide bonds. The molecular formula is C27H34N12O. The lowest BCUT2D eigenvalue weighted by Gasteiger charge is -2.37. The first kappa shape index (κ1) is 26.2. The topological polar surface area (TPSA) is 142 Å². The Morgan fingerprint density at radius 1 is 0.950 bits per heavy atom. The van der Waals surface area contributed by atoms with Gasteiger partial charge in [-0.25, -0.2) is 9.78 Å². The highest BCUT2D eigenvalue weighted by molar-refractivity contribution is 5.61. The number of hydrogen-bond acceptors (Lipinski definition) is 10. The van der Waals surface area contributed by atoms with Crippen LogP contribution in [0.1, 0.15) is 40.3 Å². The number of benzene rings is 1. The smallest absolute Gasteiger partial charge is 0.179 e. The van der Waals surface area contributed by atoms with Crippen molar-refractivity contribution in [3.8, 4) is 17.2 Å². The van der Waals surface area contributed by atoms with Crippen molar-refractivity contribution in [3.05, 3.63) is 64.2 Å². The summed E-state index contributed by atoms with van der Waals surface area (Å²) in [6, 6.07) is 10.1. The number of aliphatic hydroxyl groups is 1. The summed E-state index contributed by atoms with van der Waals surface area (Å²) in [7, 11) is 0. The molecule has 13 nitrogen and oxygen atoms in total. The van der Waals surface area contributed by atoms with Crippen LogP contribution in [0.25, 0.3) is 22.9 Å². The van der Waals surface area contributed by atoms with Crippen LogP contribution in [0, 0.1) is 27.7 Å². The maximum absolute atomic E-state index is 11.1. The minimum Gasteiger partial charge on any atom is -0.378 e. The summed E-state index contributed by atoms with van der Waals surface area (Å²) in [5.41, 5.74) is 7.31. The van der Waals surface area contributed by atoms with E-state index in [-0.39, 0.29) is 0 Å². The molecule has 40 heavy (non-hydrogen) atoms. The molecule has 0 aliphatic carbocycles. The van der Waals surface area contributed by atoms with E-state index < -0.39 is 6.23 Å². The van der Waals surface area contributed by atoms with Gasteiger partial charge in [0.1, 0.15) is 6.23 Å². The molecule has 0 bridgehead atoms. The lowest BCUT2D eigenvalue weighted by atomic mass is 10.0. The van der Waals surface area contributed by atoms with Gasteiger partial charge in [0.2, 0.25) is 0 Å². The van der Waals surface area contributed by atoms with Crippen molar-refractivity contribution in [1.29, 1.82) is 0 Å².